The van der Waals surface area contributed by atoms with Crippen LogP contribution in [0, 0.1) is 0 Å². The molecule has 0 heterocycles. The van der Waals surface area contributed by atoms with Crippen LogP contribution in [-0.2, 0) is 4.74 Å². The lowest BCUT2D eigenvalue weighted by Gasteiger charge is -2.23. The normalized spacial score (nSPS) is 14.8. The van der Waals surface area contributed by atoms with Gasteiger partial charge < -0.3 is 20.3 Å². The fraction of sp³-hybridized carbons (Fsp3) is 0.611. The Morgan fingerprint density at radius 3 is 2.42 bits per heavy atom. The second-order valence-electron chi connectivity index (χ2n) is 8.10. The molecule has 0 aliphatic carbocycles. The first-order chi connectivity index (χ1) is 10.9. The molecule has 2 unspecified atom stereocenters. The molecule has 0 saturated heterocycles. The standard InChI is InChI=1S/C18H31NO4Si/c1-18(2,3)23-17(22)19-11-10-15(20)16(21)13-8-7-9-14(12-13)24(4,5)6/h7-9,12,15-16,20-21H,10-11H2,1-6H3,(H,19,22). The van der Waals surface area contributed by atoms with E-state index in [2.05, 4.69) is 31.0 Å². The number of hydrogen-bond donors (Lipinski definition) is 3. The summed E-state index contributed by atoms with van der Waals surface area (Å²) >= 11 is 0. The number of aliphatic hydroxyl groups is 2. The van der Waals surface area contributed by atoms with E-state index < -0.39 is 32.0 Å². The summed E-state index contributed by atoms with van der Waals surface area (Å²) in [6.07, 6.45) is -2.19. The quantitative estimate of drug-likeness (QED) is 0.687. The number of benzene rings is 1. The van der Waals surface area contributed by atoms with Gasteiger partial charge in [-0.2, -0.15) is 0 Å². The number of rotatable bonds is 6. The first kappa shape index (κ1) is 20.7. The molecule has 3 N–H and O–H groups in total. The van der Waals surface area contributed by atoms with Gasteiger partial charge in [0.1, 0.15) is 11.7 Å². The molecule has 1 amide bonds. The third-order valence-corrected chi connectivity index (χ3v) is 5.61. The highest BCUT2D eigenvalue weighted by Crippen LogP contribution is 2.19. The Kier molecular flexibility index (Phi) is 7.01. The van der Waals surface area contributed by atoms with Gasteiger partial charge in [-0.15, -0.1) is 0 Å². The zero-order chi connectivity index (χ0) is 18.5. The molecule has 1 rings (SSSR count). The molecule has 0 aliphatic heterocycles. The van der Waals surface area contributed by atoms with Crippen LogP contribution in [0.15, 0.2) is 24.3 Å². The molecule has 5 nitrogen and oxygen atoms in total. The predicted octanol–water partition coefficient (Wildman–Crippen LogP) is 2.54. The van der Waals surface area contributed by atoms with Crippen molar-refractivity contribution < 1.29 is 19.7 Å². The molecule has 2 atom stereocenters. The van der Waals surface area contributed by atoms with Crippen LogP contribution >= 0.6 is 0 Å². The summed E-state index contributed by atoms with van der Waals surface area (Å²) in [6, 6.07) is 7.77. The van der Waals surface area contributed by atoms with Crippen LogP contribution in [0.1, 0.15) is 38.9 Å². The summed E-state index contributed by atoms with van der Waals surface area (Å²) in [5, 5.41) is 24.4. The summed E-state index contributed by atoms with van der Waals surface area (Å²) in [4.78, 5) is 11.6. The molecule has 0 bridgehead atoms. The highest BCUT2D eigenvalue weighted by molar-refractivity contribution is 6.88. The van der Waals surface area contributed by atoms with Crippen molar-refractivity contribution >= 4 is 19.4 Å². The SMILES string of the molecule is CC(C)(C)OC(=O)NCCC(O)C(O)c1cccc([Si](C)(C)C)c1. The van der Waals surface area contributed by atoms with Crippen LogP contribution in [-0.4, -0.2) is 42.6 Å². The van der Waals surface area contributed by atoms with E-state index in [0.717, 1.165) is 0 Å². The third kappa shape index (κ3) is 7.03. The van der Waals surface area contributed by atoms with E-state index in [1.54, 1.807) is 20.8 Å². The minimum Gasteiger partial charge on any atom is -0.444 e. The largest absolute Gasteiger partial charge is 0.444 e. The number of aliphatic hydroxyl groups excluding tert-OH is 2. The number of nitrogens with one attached hydrogen (secondary N) is 1. The van der Waals surface area contributed by atoms with E-state index in [9.17, 15) is 15.0 Å². The van der Waals surface area contributed by atoms with Gasteiger partial charge >= 0.3 is 6.09 Å². The van der Waals surface area contributed by atoms with Gasteiger partial charge in [-0.25, -0.2) is 4.79 Å². The first-order valence-electron chi connectivity index (χ1n) is 8.33. The lowest BCUT2D eigenvalue weighted by Crippen LogP contribution is -2.38. The van der Waals surface area contributed by atoms with Gasteiger partial charge in [0.2, 0.25) is 0 Å². The summed E-state index contributed by atoms with van der Waals surface area (Å²) in [5.41, 5.74) is 0.152. The number of hydrogen-bond acceptors (Lipinski definition) is 4. The van der Waals surface area contributed by atoms with Gasteiger partial charge in [0.15, 0.2) is 0 Å². The van der Waals surface area contributed by atoms with Crippen molar-refractivity contribution in [3.05, 3.63) is 29.8 Å². The number of carbonyl (C=O) groups excluding carboxylic acids is 1. The second kappa shape index (κ2) is 8.14. The lowest BCUT2D eigenvalue weighted by atomic mass is 10.0. The molecule has 6 heteroatoms. The third-order valence-electron chi connectivity index (χ3n) is 3.57. The summed E-state index contributed by atoms with van der Waals surface area (Å²) in [6.45, 7) is 12.3. The van der Waals surface area contributed by atoms with Crippen molar-refractivity contribution in [2.45, 2.75) is 64.6 Å². The topological polar surface area (TPSA) is 78.8 Å². The zero-order valence-corrected chi connectivity index (χ0v) is 16.6. The number of ether oxygens (including phenoxy) is 1. The average Bonchev–Trinajstić information content (AvgIpc) is 2.43. The Labute approximate surface area is 146 Å². The minimum atomic E-state index is -1.47. The number of amides is 1. The second-order valence-corrected chi connectivity index (χ2v) is 13.2. The van der Waals surface area contributed by atoms with Crippen LogP contribution in [0.4, 0.5) is 4.79 Å². The summed E-state index contributed by atoms with van der Waals surface area (Å²) in [5.74, 6) is 0. The molecule has 0 fully saturated rings. The van der Waals surface area contributed by atoms with E-state index in [1.807, 2.05) is 18.2 Å². The van der Waals surface area contributed by atoms with Crippen molar-refractivity contribution in [3.63, 3.8) is 0 Å². The molecule has 0 aliphatic rings. The van der Waals surface area contributed by atoms with Crippen molar-refractivity contribution in [3.8, 4) is 0 Å². The van der Waals surface area contributed by atoms with Crippen LogP contribution in [0.2, 0.25) is 19.6 Å². The molecular weight excluding hydrogens is 322 g/mol. The van der Waals surface area contributed by atoms with E-state index in [1.165, 1.54) is 5.19 Å². The Morgan fingerprint density at radius 1 is 1.25 bits per heavy atom. The van der Waals surface area contributed by atoms with Crippen molar-refractivity contribution in [1.29, 1.82) is 0 Å². The van der Waals surface area contributed by atoms with Gasteiger partial charge in [0, 0.05) is 6.54 Å². The van der Waals surface area contributed by atoms with Crippen molar-refractivity contribution in [2.75, 3.05) is 6.54 Å². The smallest absolute Gasteiger partial charge is 0.407 e. The minimum absolute atomic E-state index is 0.237. The van der Waals surface area contributed by atoms with Crippen LogP contribution in [0.5, 0.6) is 0 Å². The first-order valence-corrected chi connectivity index (χ1v) is 11.8. The predicted molar refractivity (Wildman–Crippen MR) is 99.2 cm³/mol. The zero-order valence-electron chi connectivity index (χ0n) is 15.6. The fourth-order valence-corrected chi connectivity index (χ4v) is 3.40. The Morgan fingerprint density at radius 2 is 1.88 bits per heavy atom. The highest BCUT2D eigenvalue weighted by atomic mass is 28.3. The van der Waals surface area contributed by atoms with Gasteiger partial charge in [0.25, 0.3) is 0 Å². The van der Waals surface area contributed by atoms with E-state index in [4.69, 9.17) is 4.74 Å². The van der Waals surface area contributed by atoms with E-state index >= 15 is 0 Å². The average molecular weight is 354 g/mol. The number of carbonyl (C=O) groups is 1. The Balaban J connectivity index is 2.56. The van der Waals surface area contributed by atoms with Gasteiger partial charge in [0.05, 0.1) is 14.2 Å². The van der Waals surface area contributed by atoms with Crippen LogP contribution in [0.3, 0.4) is 0 Å². The van der Waals surface area contributed by atoms with E-state index in [0.29, 0.717) is 5.56 Å². The van der Waals surface area contributed by atoms with Crippen molar-refractivity contribution in [1.82, 2.24) is 5.32 Å². The van der Waals surface area contributed by atoms with Crippen molar-refractivity contribution in [2.24, 2.45) is 0 Å². The summed E-state index contributed by atoms with van der Waals surface area (Å²) in [7, 11) is -1.47. The van der Waals surface area contributed by atoms with Crippen LogP contribution in [0.25, 0.3) is 0 Å². The van der Waals surface area contributed by atoms with Gasteiger partial charge in [-0.3, -0.25) is 0 Å². The lowest BCUT2D eigenvalue weighted by molar-refractivity contribution is 0.0123. The van der Waals surface area contributed by atoms with Gasteiger partial charge in [-0.1, -0.05) is 49.1 Å². The highest BCUT2D eigenvalue weighted by Gasteiger charge is 2.22. The Bertz CT molecular complexity index is 549. The molecule has 136 valence electrons. The maximum absolute atomic E-state index is 11.6. The molecule has 1 aromatic rings. The van der Waals surface area contributed by atoms with Crippen LogP contribution < -0.4 is 10.5 Å². The molecule has 1 aromatic carbocycles. The molecule has 0 radical (unpaired) electrons. The summed E-state index contributed by atoms with van der Waals surface area (Å²) < 4.78 is 5.13. The molecule has 0 aromatic heterocycles. The Hall–Kier alpha value is -1.37. The maximum atomic E-state index is 11.6. The monoisotopic (exact) mass is 353 g/mol. The number of alkyl carbamates (subject to hydrolysis) is 1. The van der Waals surface area contributed by atoms with Gasteiger partial charge in [-0.05, 0) is 32.8 Å². The molecule has 0 spiro atoms. The molecular formula is C18H31NO4Si. The fourth-order valence-electron chi connectivity index (χ4n) is 2.21. The molecule has 24 heavy (non-hydrogen) atoms. The maximum Gasteiger partial charge on any atom is 0.407 e. The van der Waals surface area contributed by atoms with E-state index in [-0.39, 0.29) is 13.0 Å². The molecule has 0 saturated carbocycles.